The van der Waals surface area contributed by atoms with Gasteiger partial charge in [-0.05, 0) is 5.25 Å². The van der Waals surface area contributed by atoms with E-state index >= 15 is 0 Å². The monoisotopic (exact) mass is 133 g/mol. The molecule has 0 N–H and O–H groups in total. The van der Waals surface area contributed by atoms with Gasteiger partial charge in [0.05, 0.1) is 5.97 Å². The van der Waals surface area contributed by atoms with E-state index in [4.69, 9.17) is 0 Å². The molecule has 0 radical (unpaired) electrons. The Morgan fingerprint density at radius 3 is 2.38 bits per heavy atom. The third-order valence-corrected chi connectivity index (χ3v) is 1.60. The van der Waals surface area contributed by atoms with Crippen molar-refractivity contribution in [2.24, 2.45) is 0 Å². The summed E-state index contributed by atoms with van der Waals surface area (Å²) in [5.74, 6) is -0.874. The number of carboxylic acid groups (broad SMARTS) is 1. The van der Waals surface area contributed by atoms with Crippen molar-refractivity contribution >= 4 is 17.7 Å². The Morgan fingerprint density at radius 2 is 2.25 bits per heavy atom. The van der Waals surface area contributed by atoms with Gasteiger partial charge in [-0.3, -0.25) is 0 Å². The molecule has 48 valence electrons. The van der Waals surface area contributed by atoms with Crippen LogP contribution in [0.3, 0.4) is 0 Å². The highest BCUT2D eigenvalue weighted by Crippen LogP contribution is 2.06. The molecule has 0 aliphatic carbocycles. The zero-order chi connectivity index (χ0) is 6.57. The number of carbonyl (C=O) groups excluding carboxylic acids is 1. The van der Waals surface area contributed by atoms with Gasteiger partial charge in [-0.2, -0.15) is 11.8 Å². The number of rotatable bonds is 3. The molecule has 0 amide bonds. The van der Waals surface area contributed by atoms with Crippen LogP contribution in [0, 0.1) is 0 Å². The van der Waals surface area contributed by atoms with E-state index in [-0.39, 0.29) is 5.75 Å². The summed E-state index contributed by atoms with van der Waals surface area (Å²) >= 11 is 1.38. The molecule has 8 heavy (non-hydrogen) atoms. The van der Waals surface area contributed by atoms with Crippen molar-refractivity contribution in [3.05, 3.63) is 0 Å². The molecule has 0 aromatic rings. The molecule has 0 aliphatic rings. The first-order chi connectivity index (χ1) is 3.63. The minimum absolute atomic E-state index is 0.109. The van der Waals surface area contributed by atoms with Gasteiger partial charge in [-0.25, -0.2) is 0 Å². The molecule has 2 nitrogen and oxygen atoms in total. The topological polar surface area (TPSA) is 40.1 Å². The third-order valence-electron chi connectivity index (χ3n) is 0.535. The molecule has 0 saturated heterocycles. The molecule has 0 unspecified atom stereocenters. The Balaban J connectivity index is 3.05. The predicted molar refractivity (Wildman–Crippen MR) is 32.6 cm³/mol. The predicted octanol–water partition coefficient (Wildman–Crippen LogP) is -0.122. The quantitative estimate of drug-likeness (QED) is 0.538. The maximum Gasteiger partial charge on any atom is 0.0513 e. The summed E-state index contributed by atoms with van der Waals surface area (Å²) in [4.78, 5) is 9.77. The van der Waals surface area contributed by atoms with Gasteiger partial charge in [-0.15, -0.1) is 0 Å². The highest BCUT2D eigenvalue weighted by molar-refractivity contribution is 8.00. The molecule has 0 aromatic heterocycles. The average Bonchev–Trinajstić information content (AvgIpc) is 1.61. The van der Waals surface area contributed by atoms with Gasteiger partial charge < -0.3 is 9.90 Å². The van der Waals surface area contributed by atoms with Gasteiger partial charge in [0.15, 0.2) is 0 Å². The first kappa shape index (κ1) is 7.82. The second-order valence-corrected chi connectivity index (χ2v) is 3.30. The summed E-state index contributed by atoms with van der Waals surface area (Å²) in [6.45, 7) is 3.90. The minimum atomic E-state index is -0.983. The van der Waals surface area contributed by atoms with E-state index in [0.717, 1.165) is 0 Å². The number of carboxylic acids is 1. The Labute approximate surface area is 53.3 Å². The van der Waals surface area contributed by atoms with Crippen molar-refractivity contribution in [3.63, 3.8) is 0 Å². The van der Waals surface area contributed by atoms with Crippen LogP contribution in [0.5, 0.6) is 0 Å². The molecule has 0 bridgehead atoms. The van der Waals surface area contributed by atoms with E-state index in [0.29, 0.717) is 5.25 Å². The van der Waals surface area contributed by atoms with Crippen molar-refractivity contribution in [2.45, 2.75) is 19.1 Å². The zero-order valence-corrected chi connectivity index (χ0v) is 5.83. The van der Waals surface area contributed by atoms with Crippen LogP contribution < -0.4 is 5.11 Å². The number of aliphatic carboxylic acids is 1. The summed E-state index contributed by atoms with van der Waals surface area (Å²) in [6, 6.07) is 0. The molecular weight excluding hydrogens is 124 g/mol. The summed E-state index contributed by atoms with van der Waals surface area (Å²) in [5.41, 5.74) is 0. The number of thioether (sulfide) groups is 1. The molecule has 0 atom stereocenters. The molecule has 0 fully saturated rings. The average molecular weight is 133 g/mol. The van der Waals surface area contributed by atoms with Gasteiger partial charge in [-0.1, -0.05) is 13.8 Å². The molecule has 0 saturated carbocycles. The SMILES string of the molecule is CC(C)SCC(=O)[O-]. The fraction of sp³-hybridized carbons (Fsp3) is 0.800. The normalized spacial score (nSPS) is 9.88. The van der Waals surface area contributed by atoms with E-state index in [1.165, 1.54) is 11.8 Å². The Bertz CT molecular complexity index is 80.5. The van der Waals surface area contributed by atoms with Crippen LogP contribution in [0.25, 0.3) is 0 Å². The molecule has 3 heteroatoms. The highest BCUT2D eigenvalue weighted by atomic mass is 32.2. The minimum Gasteiger partial charge on any atom is -0.549 e. The van der Waals surface area contributed by atoms with E-state index in [9.17, 15) is 9.90 Å². The lowest BCUT2D eigenvalue weighted by Gasteiger charge is -2.03. The number of hydrogen-bond acceptors (Lipinski definition) is 3. The third kappa shape index (κ3) is 5.82. The van der Waals surface area contributed by atoms with Crippen LogP contribution >= 0.6 is 11.8 Å². The van der Waals surface area contributed by atoms with Gasteiger partial charge >= 0.3 is 0 Å². The fourth-order valence-electron chi connectivity index (χ4n) is 0.235. The van der Waals surface area contributed by atoms with Crippen LogP contribution in [0.2, 0.25) is 0 Å². The first-order valence-corrected chi connectivity index (χ1v) is 3.49. The van der Waals surface area contributed by atoms with Crippen LogP contribution in [0.4, 0.5) is 0 Å². The largest absolute Gasteiger partial charge is 0.549 e. The van der Waals surface area contributed by atoms with Crippen LogP contribution in [0.1, 0.15) is 13.8 Å². The van der Waals surface area contributed by atoms with Crippen molar-refractivity contribution in [1.82, 2.24) is 0 Å². The summed E-state index contributed by atoms with van der Waals surface area (Å²) in [7, 11) is 0. The smallest absolute Gasteiger partial charge is 0.0513 e. The summed E-state index contributed by atoms with van der Waals surface area (Å²) < 4.78 is 0. The summed E-state index contributed by atoms with van der Waals surface area (Å²) in [6.07, 6.45) is 0. The van der Waals surface area contributed by atoms with Gasteiger partial charge in [0, 0.05) is 5.75 Å². The van der Waals surface area contributed by atoms with Crippen LogP contribution in [-0.2, 0) is 4.79 Å². The molecule has 0 aliphatic heterocycles. The van der Waals surface area contributed by atoms with Gasteiger partial charge in [0.25, 0.3) is 0 Å². The Hall–Kier alpha value is -0.180. The van der Waals surface area contributed by atoms with Crippen molar-refractivity contribution in [3.8, 4) is 0 Å². The Kier molecular flexibility index (Phi) is 3.69. The fourth-order valence-corrected chi connectivity index (χ4v) is 0.704. The maximum atomic E-state index is 9.77. The van der Waals surface area contributed by atoms with E-state index < -0.39 is 5.97 Å². The zero-order valence-electron chi connectivity index (χ0n) is 5.01. The second-order valence-electron chi connectivity index (χ2n) is 1.73. The number of carbonyl (C=O) groups is 1. The van der Waals surface area contributed by atoms with Crippen molar-refractivity contribution in [1.29, 1.82) is 0 Å². The lowest BCUT2D eigenvalue weighted by atomic mass is 10.6. The molecule has 0 aromatic carbocycles. The van der Waals surface area contributed by atoms with Crippen LogP contribution in [-0.4, -0.2) is 17.0 Å². The molecular formula is C5H9O2S-. The van der Waals surface area contributed by atoms with Crippen molar-refractivity contribution < 1.29 is 9.90 Å². The van der Waals surface area contributed by atoms with Gasteiger partial charge in [0.2, 0.25) is 0 Å². The van der Waals surface area contributed by atoms with E-state index in [1.54, 1.807) is 0 Å². The maximum absolute atomic E-state index is 9.77. The molecule has 0 heterocycles. The van der Waals surface area contributed by atoms with Gasteiger partial charge in [0.1, 0.15) is 0 Å². The lowest BCUT2D eigenvalue weighted by molar-refractivity contribution is -0.301. The number of hydrogen-bond donors (Lipinski definition) is 0. The van der Waals surface area contributed by atoms with E-state index in [2.05, 4.69) is 0 Å². The summed E-state index contributed by atoms with van der Waals surface area (Å²) in [5, 5.41) is 10.2. The van der Waals surface area contributed by atoms with E-state index in [1.807, 2.05) is 13.8 Å². The first-order valence-electron chi connectivity index (χ1n) is 2.44. The van der Waals surface area contributed by atoms with Crippen molar-refractivity contribution in [2.75, 3.05) is 5.75 Å². The standard InChI is InChI=1S/C5H10O2S/c1-4(2)8-3-5(6)7/h4H,3H2,1-2H3,(H,6,7)/p-1. The second kappa shape index (κ2) is 3.78. The van der Waals surface area contributed by atoms with Crippen LogP contribution in [0.15, 0.2) is 0 Å². The molecule has 0 rings (SSSR count). The lowest BCUT2D eigenvalue weighted by Crippen LogP contribution is -2.25. The highest BCUT2D eigenvalue weighted by Gasteiger charge is 1.91. The Morgan fingerprint density at radius 1 is 1.75 bits per heavy atom. The molecule has 0 spiro atoms.